The van der Waals surface area contributed by atoms with Gasteiger partial charge >= 0.3 is 0 Å². The minimum Gasteiger partial charge on any atom is -0.409 e. The number of amidine groups is 1. The fourth-order valence-electron chi connectivity index (χ4n) is 2.98. The summed E-state index contributed by atoms with van der Waals surface area (Å²) in [6.45, 7) is 6.23. The van der Waals surface area contributed by atoms with Crippen molar-refractivity contribution in [1.82, 2.24) is 4.90 Å². The van der Waals surface area contributed by atoms with Gasteiger partial charge in [-0.15, -0.1) is 0 Å². The second-order valence-corrected chi connectivity index (χ2v) is 6.38. The van der Waals surface area contributed by atoms with E-state index in [1.165, 1.54) is 0 Å². The number of carbonyl (C=O) groups is 1. The minimum atomic E-state index is -0.816. The summed E-state index contributed by atoms with van der Waals surface area (Å²) in [4.78, 5) is 14.7. The SMILES string of the molecule is CC(C)C(C)N(C)C(=O)C1(C(N)=NO)CCCCCC1. The Hall–Kier alpha value is -1.26. The number of amides is 1. The van der Waals surface area contributed by atoms with Crippen LogP contribution in [-0.2, 0) is 4.79 Å². The lowest BCUT2D eigenvalue weighted by Gasteiger charge is -2.38. The van der Waals surface area contributed by atoms with Gasteiger partial charge in [0.25, 0.3) is 0 Å². The minimum absolute atomic E-state index is 0.00380. The van der Waals surface area contributed by atoms with Crippen molar-refractivity contribution in [3.05, 3.63) is 0 Å². The van der Waals surface area contributed by atoms with Gasteiger partial charge in [-0.1, -0.05) is 44.7 Å². The third-order valence-electron chi connectivity index (χ3n) is 4.86. The van der Waals surface area contributed by atoms with Crippen LogP contribution in [0.1, 0.15) is 59.3 Å². The maximum atomic E-state index is 13.0. The van der Waals surface area contributed by atoms with Gasteiger partial charge < -0.3 is 15.8 Å². The van der Waals surface area contributed by atoms with Crippen molar-refractivity contribution in [2.45, 2.75) is 65.3 Å². The first-order valence-corrected chi connectivity index (χ1v) is 7.62. The molecule has 1 saturated carbocycles. The van der Waals surface area contributed by atoms with Crippen molar-refractivity contribution in [1.29, 1.82) is 0 Å². The molecule has 0 aromatic carbocycles. The number of oxime groups is 1. The molecular weight excluding hydrogens is 254 g/mol. The highest BCUT2D eigenvalue weighted by Gasteiger charge is 2.45. The first-order valence-electron chi connectivity index (χ1n) is 7.62. The van der Waals surface area contributed by atoms with Gasteiger partial charge in [0, 0.05) is 13.1 Å². The van der Waals surface area contributed by atoms with Gasteiger partial charge in [0.2, 0.25) is 5.91 Å². The van der Waals surface area contributed by atoms with E-state index in [0.717, 1.165) is 25.7 Å². The van der Waals surface area contributed by atoms with Crippen LogP contribution < -0.4 is 5.73 Å². The molecule has 0 bridgehead atoms. The van der Waals surface area contributed by atoms with Crippen molar-refractivity contribution in [3.8, 4) is 0 Å². The predicted molar refractivity (Wildman–Crippen MR) is 80.6 cm³/mol. The highest BCUT2D eigenvalue weighted by molar-refractivity contribution is 6.06. The summed E-state index contributed by atoms with van der Waals surface area (Å²) < 4.78 is 0. The fraction of sp³-hybridized carbons (Fsp3) is 0.867. The van der Waals surface area contributed by atoms with Gasteiger partial charge in [0.15, 0.2) is 5.84 Å². The van der Waals surface area contributed by atoms with Crippen LogP contribution in [-0.4, -0.2) is 34.9 Å². The van der Waals surface area contributed by atoms with E-state index in [1.54, 1.807) is 4.90 Å². The molecular formula is C15H29N3O2. The highest BCUT2D eigenvalue weighted by atomic mass is 16.4. The maximum Gasteiger partial charge on any atom is 0.236 e. The average Bonchev–Trinajstić information content (AvgIpc) is 2.70. The summed E-state index contributed by atoms with van der Waals surface area (Å²) in [5.41, 5.74) is 5.10. The zero-order valence-corrected chi connectivity index (χ0v) is 13.2. The summed E-state index contributed by atoms with van der Waals surface area (Å²) in [5.74, 6) is 0.446. The monoisotopic (exact) mass is 283 g/mol. The Labute approximate surface area is 122 Å². The van der Waals surface area contributed by atoms with Crippen molar-refractivity contribution in [3.63, 3.8) is 0 Å². The van der Waals surface area contributed by atoms with Crippen molar-refractivity contribution in [2.75, 3.05) is 7.05 Å². The summed E-state index contributed by atoms with van der Waals surface area (Å²) in [5, 5.41) is 12.3. The van der Waals surface area contributed by atoms with E-state index in [9.17, 15) is 4.79 Å². The van der Waals surface area contributed by atoms with Crippen LogP contribution in [0.3, 0.4) is 0 Å². The number of hydrogen-bond donors (Lipinski definition) is 2. The summed E-state index contributed by atoms with van der Waals surface area (Å²) in [6.07, 6.45) is 5.47. The largest absolute Gasteiger partial charge is 0.409 e. The molecule has 0 aliphatic heterocycles. The molecule has 5 nitrogen and oxygen atoms in total. The number of carbonyl (C=O) groups excluding carboxylic acids is 1. The Balaban J connectivity index is 3.07. The standard InChI is InChI=1S/C15H29N3O2/c1-11(2)12(3)18(4)14(19)15(13(16)17-20)9-7-5-6-8-10-15/h11-12,20H,5-10H2,1-4H3,(H2,16,17). The third-order valence-corrected chi connectivity index (χ3v) is 4.86. The molecule has 0 aromatic heterocycles. The smallest absolute Gasteiger partial charge is 0.236 e. The summed E-state index contributed by atoms with van der Waals surface area (Å²) in [6, 6.07) is 0.133. The second kappa shape index (κ2) is 6.95. The fourth-order valence-corrected chi connectivity index (χ4v) is 2.98. The van der Waals surface area contributed by atoms with Gasteiger partial charge in [0.1, 0.15) is 5.41 Å². The van der Waals surface area contributed by atoms with Crippen molar-refractivity contribution >= 4 is 11.7 Å². The maximum absolute atomic E-state index is 13.0. The highest BCUT2D eigenvalue weighted by Crippen LogP contribution is 2.37. The molecule has 1 unspecified atom stereocenters. The number of rotatable bonds is 4. The van der Waals surface area contributed by atoms with Crippen molar-refractivity contribution in [2.24, 2.45) is 22.2 Å². The summed E-state index contributed by atoms with van der Waals surface area (Å²) >= 11 is 0. The zero-order valence-electron chi connectivity index (χ0n) is 13.2. The Morgan fingerprint density at radius 2 is 1.70 bits per heavy atom. The van der Waals surface area contributed by atoms with E-state index in [2.05, 4.69) is 19.0 Å². The van der Waals surface area contributed by atoms with Crippen LogP contribution in [0.2, 0.25) is 0 Å². The molecule has 1 fully saturated rings. The number of nitrogens with zero attached hydrogens (tertiary/aromatic N) is 2. The molecule has 5 heteroatoms. The first-order chi connectivity index (χ1) is 9.36. The van der Waals surface area contributed by atoms with E-state index in [-0.39, 0.29) is 17.8 Å². The van der Waals surface area contributed by atoms with Crippen LogP contribution in [0.4, 0.5) is 0 Å². The molecule has 0 saturated heterocycles. The molecule has 0 spiro atoms. The molecule has 116 valence electrons. The van der Waals surface area contributed by atoms with Crippen LogP contribution in [0, 0.1) is 11.3 Å². The van der Waals surface area contributed by atoms with E-state index >= 15 is 0 Å². The molecule has 20 heavy (non-hydrogen) atoms. The van der Waals surface area contributed by atoms with Crippen molar-refractivity contribution < 1.29 is 10.0 Å². The second-order valence-electron chi connectivity index (χ2n) is 6.38. The Bertz CT molecular complexity index is 358. The van der Waals surface area contributed by atoms with E-state index < -0.39 is 5.41 Å². The molecule has 1 aliphatic carbocycles. The van der Waals surface area contributed by atoms with Gasteiger partial charge in [-0.2, -0.15) is 0 Å². The Morgan fingerprint density at radius 1 is 1.20 bits per heavy atom. The third kappa shape index (κ3) is 3.25. The quantitative estimate of drug-likeness (QED) is 0.274. The summed E-state index contributed by atoms with van der Waals surface area (Å²) in [7, 11) is 1.82. The molecule has 0 heterocycles. The molecule has 1 aliphatic rings. The van der Waals surface area contributed by atoms with E-state index in [4.69, 9.17) is 10.9 Å². The molecule has 0 aromatic rings. The molecule has 3 N–H and O–H groups in total. The lowest BCUT2D eigenvalue weighted by atomic mass is 9.77. The van der Waals surface area contributed by atoms with Crippen LogP contribution >= 0.6 is 0 Å². The van der Waals surface area contributed by atoms with Crippen LogP contribution in [0.25, 0.3) is 0 Å². The van der Waals surface area contributed by atoms with Crippen LogP contribution in [0.15, 0.2) is 5.16 Å². The number of nitrogens with two attached hydrogens (primary N) is 1. The Morgan fingerprint density at radius 3 is 2.10 bits per heavy atom. The van der Waals surface area contributed by atoms with E-state index in [0.29, 0.717) is 18.8 Å². The average molecular weight is 283 g/mol. The predicted octanol–water partition coefficient (Wildman–Crippen LogP) is 2.58. The van der Waals surface area contributed by atoms with Gasteiger partial charge in [0.05, 0.1) is 0 Å². The first kappa shape index (κ1) is 16.8. The van der Waals surface area contributed by atoms with Gasteiger partial charge in [-0.25, -0.2) is 0 Å². The van der Waals surface area contributed by atoms with Crippen LogP contribution in [0.5, 0.6) is 0 Å². The molecule has 0 radical (unpaired) electrons. The van der Waals surface area contributed by atoms with E-state index in [1.807, 2.05) is 14.0 Å². The lowest BCUT2D eigenvalue weighted by molar-refractivity contribution is -0.140. The molecule has 1 amide bonds. The molecule has 1 rings (SSSR count). The van der Waals surface area contributed by atoms with Gasteiger partial charge in [-0.05, 0) is 25.7 Å². The normalized spacial score (nSPS) is 21.4. The Kier molecular flexibility index (Phi) is 5.84. The molecule has 1 atom stereocenters. The lowest BCUT2D eigenvalue weighted by Crippen LogP contribution is -2.53. The number of hydrogen-bond acceptors (Lipinski definition) is 3. The zero-order chi connectivity index (χ0) is 15.3. The van der Waals surface area contributed by atoms with Gasteiger partial charge in [-0.3, -0.25) is 4.79 Å². The topological polar surface area (TPSA) is 78.9 Å².